The molecule has 1 aliphatic rings. The number of carbonyl (C=O) groups is 3. The molecule has 1 heterocycles. The molecule has 0 spiro atoms. The molecule has 0 aliphatic heterocycles. The number of hydrogen-bond acceptors (Lipinski definition) is 4. The van der Waals surface area contributed by atoms with Gasteiger partial charge in [-0.05, 0) is 30.5 Å². The van der Waals surface area contributed by atoms with E-state index in [1.54, 1.807) is 6.07 Å². The minimum absolute atomic E-state index is 0.366. The quantitative estimate of drug-likeness (QED) is 0.700. The van der Waals surface area contributed by atoms with Crippen molar-refractivity contribution in [3.63, 3.8) is 0 Å². The maximum atomic E-state index is 12.0. The Balaban J connectivity index is 1.99. The number of furan rings is 1. The van der Waals surface area contributed by atoms with E-state index in [0.717, 1.165) is 17.1 Å². The molecule has 0 aromatic carbocycles. The number of nitrogens with zero attached hydrogens (tertiary/aromatic N) is 1. The Morgan fingerprint density at radius 1 is 1.27 bits per heavy atom. The summed E-state index contributed by atoms with van der Waals surface area (Å²) in [7, 11) is 0. The van der Waals surface area contributed by atoms with Gasteiger partial charge in [-0.15, -0.1) is 0 Å². The highest BCUT2D eigenvalue weighted by atomic mass is 16.3. The van der Waals surface area contributed by atoms with E-state index in [1.165, 1.54) is 12.2 Å². The van der Waals surface area contributed by atoms with Crippen LogP contribution < -0.4 is 11.5 Å². The molecule has 22 heavy (non-hydrogen) atoms. The largest absolute Gasteiger partial charge is 0.461 e. The summed E-state index contributed by atoms with van der Waals surface area (Å²) in [6.07, 6.45) is 3.83. The number of rotatable bonds is 7. The van der Waals surface area contributed by atoms with Gasteiger partial charge in [0, 0.05) is 12.0 Å². The van der Waals surface area contributed by atoms with Crippen molar-refractivity contribution in [2.45, 2.75) is 19.3 Å². The van der Waals surface area contributed by atoms with Gasteiger partial charge >= 0.3 is 0 Å². The standard InChI is InChI=1S/C15H19N3O4/c1-9-6-11(9)12-4-2-10(22-12)3-5-15(21)18(7-13(16)19)8-14(17)20/h2-5,9,11H,6-8H2,1H3,(H2,16,19)(H2,17,20)/b5-3+. The Labute approximate surface area is 127 Å². The molecule has 1 aromatic rings. The van der Waals surface area contributed by atoms with Gasteiger partial charge in [0.15, 0.2) is 0 Å². The van der Waals surface area contributed by atoms with E-state index >= 15 is 0 Å². The smallest absolute Gasteiger partial charge is 0.247 e. The van der Waals surface area contributed by atoms with Crippen LogP contribution in [0.5, 0.6) is 0 Å². The fourth-order valence-electron chi connectivity index (χ4n) is 2.22. The van der Waals surface area contributed by atoms with Gasteiger partial charge in [-0.3, -0.25) is 14.4 Å². The highest BCUT2D eigenvalue weighted by Gasteiger charge is 2.36. The first-order valence-corrected chi connectivity index (χ1v) is 7.00. The maximum absolute atomic E-state index is 12.0. The fourth-order valence-corrected chi connectivity index (χ4v) is 2.22. The number of amides is 3. The number of carbonyl (C=O) groups excluding carboxylic acids is 3. The lowest BCUT2D eigenvalue weighted by atomic mass is 10.3. The van der Waals surface area contributed by atoms with Crippen LogP contribution in [0.4, 0.5) is 0 Å². The molecule has 3 amide bonds. The van der Waals surface area contributed by atoms with Crippen LogP contribution in [0.3, 0.4) is 0 Å². The molecule has 1 fully saturated rings. The Bertz CT molecular complexity index is 604. The Morgan fingerprint density at radius 3 is 2.36 bits per heavy atom. The van der Waals surface area contributed by atoms with Crippen molar-refractivity contribution < 1.29 is 18.8 Å². The molecular formula is C15H19N3O4. The Hall–Kier alpha value is -2.57. The minimum atomic E-state index is -0.717. The lowest BCUT2D eigenvalue weighted by Gasteiger charge is -2.17. The third-order valence-electron chi connectivity index (χ3n) is 3.52. The molecule has 2 unspecified atom stereocenters. The Morgan fingerprint density at radius 2 is 1.86 bits per heavy atom. The lowest BCUT2D eigenvalue weighted by molar-refractivity contribution is -0.134. The van der Waals surface area contributed by atoms with Crippen molar-refractivity contribution in [1.82, 2.24) is 4.90 Å². The molecule has 2 atom stereocenters. The van der Waals surface area contributed by atoms with E-state index in [2.05, 4.69) is 6.92 Å². The van der Waals surface area contributed by atoms with Gasteiger partial charge in [0.2, 0.25) is 17.7 Å². The van der Waals surface area contributed by atoms with Crippen LogP contribution in [-0.2, 0) is 14.4 Å². The second-order valence-corrected chi connectivity index (χ2v) is 5.52. The van der Waals surface area contributed by atoms with E-state index in [-0.39, 0.29) is 13.1 Å². The van der Waals surface area contributed by atoms with Crippen molar-refractivity contribution >= 4 is 23.8 Å². The van der Waals surface area contributed by atoms with E-state index in [1.807, 2.05) is 6.07 Å². The van der Waals surface area contributed by atoms with Gasteiger partial charge in [-0.1, -0.05) is 6.92 Å². The highest BCUT2D eigenvalue weighted by Crippen LogP contribution is 2.47. The van der Waals surface area contributed by atoms with Gasteiger partial charge in [0.05, 0.1) is 0 Å². The molecule has 0 saturated heterocycles. The highest BCUT2D eigenvalue weighted by molar-refractivity contribution is 5.96. The second-order valence-electron chi connectivity index (χ2n) is 5.52. The van der Waals surface area contributed by atoms with Gasteiger partial charge in [0.25, 0.3) is 0 Å². The van der Waals surface area contributed by atoms with Gasteiger partial charge in [0.1, 0.15) is 24.6 Å². The molecule has 7 heteroatoms. The van der Waals surface area contributed by atoms with Crippen LogP contribution in [0.2, 0.25) is 0 Å². The second kappa shape index (κ2) is 6.46. The molecule has 4 N–H and O–H groups in total. The van der Waals surface area contributed by atoms with E-state index in [4.69, 9.17) is 15.9 Å². The first kappa shape index (κ1) is 15.8. The topological polar surface area (TPSA) is 120 Å². The van der Waals surface area contributed by atoms with Crippen LogP contribution in [0, 0.1) is 5.92 Å². The summed E-state index contributed by atoms with van der Waals surface area (Å²) in [4.78, 5) is 34.8. The summed E-state index contributed by atoms with van der Waals surface area (Å²) < 4.78 is 5.63. The van der Waals surface area contributed by atoms with Crippen molar-refractivity contribution in [3.8, 4) is 0 Å². The molecule has 1 aromatic heterocycles. The summed E-state index contributed by atoms with van der Waals surface area (Å²) in [6.45, 7) is 1.42. The minimum Gasteiger partial charge on any atom is -0.461 e. The molecule has 0 bridgehead atoms. The van der Waals surface area contributed by atoms with E-state index < -0.39 is 17.7 Å². The first-order chi connectivity index (χ1) is 10.4. The SMILES string of the molecule is CC1CC1c1ccc(/C=C/C(=O)N(CC(N)=O)CC(N)=O)o1. The average molecular weight is 305 g/mol. The van der Waals surface area contributed by atoms with Gasteiger partial charge < -0.3 is 20.8 Å². The zero-order valence-electron chi connectivity index (χ0n) is 12.3. The summed E-state index contributed by atoms with van der Waals surface area (Å²) >= 11 is 0. The molecule has 0 radical (unpaired) electrons. The molecule has 2 rings (SSSR count). The van der Waals surface area contributed by atoms with Crippen LogP contribution in [-0.4, -0.2) is 35.7 Å². The number of nitrogens with two attached hydrogens (primary N) is 2. The zero-order valence-corrected chi connectivity index (χ0v) is 12.3. The molecular weight excluding hydrogens is 286 g/mol. The van der Waals surface area contributed by atoms with Crippen molar-refractivity contribution in [2.24, 2.45) is 17.4 Å². The van der Waals surface area contributed by atoms with E-state index in [0.29, 0.717) is 17.6 Å². The first-order valence-electron chi connectivity index (χ1n) is 7.00. The maximum Gasteiger partial charge on any atom is 0.247 e. The Kier molecular flexibility index (Phi) is 4.65. The third-order valence-corrected chi connectivity index (χ3v) is 3.52. The van der Waals surface area contributed by atoms with E-state index in [9.17, 15) is 14.4 Å². The number of primary amides is 2. The predicted molar refractivity (Wildman–Crippen MR) is 79.2 cm³/mol. The normalized spacial score (nSPS) is 20.0. The van der Waals surface area contributed by atoms with Crippen LogP contribution in [0.1, 0.15) is 30.8 Å². The average Bonchev–Trinajstić information content (AvgIpc) is 2.97. The predicted octanol–water partition coefficient (Wildman–Crippen LogP) is 0.215. The molecule has 118 valence electrons. The van der Waals surface area contributed by atoms with Gasteiger partial charge in [-0.2, -0.15) is 0 Å². The summed E-state index contributed by atoms with van der Waals surface area (Å²) in [5.41, 5.74) is 10.1. The summed E-state index contributed by atoms with van der Waals surface area (Å²) in [6, 6.07) is 3.67. The van der Waals surface area contributed by atoms with Gasteiger partial charge in [-0.25, -0.2) is 0 Å². The molecule has 1 saturated carbocycles. The fraction of sp³-hybridized carbons (Fsp3) is 0.400. The molecule has 7 nitrogen and oxygen atoms in total. The molecule has 1 aliphatic carbocycles. The van der Waals surface area contributed by atoms with Crippen LogP contribution in [0.15, 0.2) is 22.6 Å². The van der Waals surface area contributed by atoms with Crippen LogP contribution >= 0.6 is 0 Å². The zero-order chi connectivity index (χ0) is 16.3. The lowest BCUT2D eigenvalue weighted by Crippen LogP contribution is -2.42. The third kappa shape index (κ3) is 4.21. The van der Waals surface area contributed by atoms with Crippen molar-refractivity contribution in [1.29, 1.82) is 0 Å². The van der Waals surface area contributed by atoms with Crippen LogP contribution in [0.25, 0.3) is 6.08 Å². The van der Waals surface area contributed by atoms with Crippen molar-refractivity contribution in [2.75, 3.05) is 13.1 Å². The number of hydrogen-bond donors (Lipinski definition) is 2. The monoisotopic (exact) mass is 305 g/mol. The summed E-state index contributed by atoms with van der Waals surface area (Å²) in [5.74, 6) is 0.573. The van der Waals surface area contributed by atoms with Crippen molar-refractivity contribution in [3.05, 3.63) is 29.7 Å². The summed E-state index contributed by atoms with van der Waals surface area (Å²) in [5, 5.41) is 0.